The molecule has 0 saturated carbocycles. The first kappa shape index (κ1) is 11.9. The van der Waals surface area contributed by atoms with Gasteiger partial charge < -0.3 is 9.47 Å². The predicted molar refractivity (Wildman–Crippen MR) is 47.0 cm³/mol. The molecule has 1 atom stereocenters. The molecule has 0 aliphatic carbocycles. The Bertz CT molecular complexity index is 165. The SMILES string of the molecule is CCC(COC=O)OC(=O)C(C)C. The minimum Gasteiger partial charge on any atom is -0.464 e. The zero-order valence-electron chi connectivity index (χ0n) is 8.28. The van der Waals surface area contributed by atoms with Crippen LogP contribution in [0.2, 0.25) is 0 Å². The molecule has 0 saturated heterocycles. The minimum absolute atomic E-state index is 0.137. The van der Waals surface area contributed by atoms with Gasteiger partial charge in [-0.05, 0) is 6.42 Å². The van der Waals surface area contributed by atoms with Crippen molar-refractivity contribution in [1.29, 1.82) is 0 Å². The van der Waals surface area contributed by atoms with E-state index in [1.807, 2.05) is 6.92 Å². The molecule has 0 aromatic heterocycles. The van der Waals surface area contributed by atoms with Crippen LogP contribution in [0.15, 0.2) is 0 Å². The third kappa shape index (κ3) is 5.22. The normalized spacial score (nSPS) is 12.3. The van der Waals surface area contributed by atoms with Crippen molar-refractivity contribution >= 4 is 12.4 Å². The summed E-state index contributed by atoms with van der Waals surface area (Å²) in [6, 6.07) is 0. The van der Waals surface area contributed by atoms with Crippen molar-refractivity contribution in [1.82, 2.24) is 0 Å². The second-order valence-corrected chi connectivity index (χ2v) is 3.05. The van der Waals surface area contributed by atoms with Crippen LogP contribution in [0, 0.1) is 5.92 Å². The van der Waals surface area contributed by atoms with Gasteiger partial charge in [0.1, 0.15) is 12.7 Å². The quantitative estimate of drug-likeness (QED) is 0.463. The van der Waals surface area contributed by atoms with E-state index in [4.69, 9.17) is 4.74 Å². The molecule has 76 valence electrons. The second kappa shape index (κ2) is 6.46. The van der Waals surface area contributed by atoms with Gasteiger partial charge >= 0.3 is 5.97 Å². The summed E-state index contributed by atoms with van der Waals surface area (Å²) >= 11 is 0. The third-order valence-corrected chi connectivity index (χ3v) is 1.56. The molecule has 1 unspecified atom stereocenters. The summed E-state index contributed by atoms with van der Waals surface area (Å²) < 4.78 is 9.55. The Morgan fingerprint density at radius 1 is 1.46 bits per heavy atom. The second-order valence-electron chi connectivity index (χ2n) is 3.05. The minimum atomic E-state index is -0.319. The summed E-state index contributed by atoms with van der Waals surface area (Å²) in [6.07, 6.45) is 0.326. The highest BCUT2D eigenvalue weighted by Gasteiger charge is 2.15. The lowest BCUT2D eigenvalue weighted by Crippen LogP contribution is -2.25. The van der Waals surface area contributed by atoms with Gasteiger partial charge in [-0.1, -0.05) is 20.8 Å². The number of hydrogen-bond acceptors (Lipinski definition) is 4. The van der Waals surface area contributed by atoms with Crippen molar-refractivity contribution in [2.75, 3.05) is 6.61 Å². The molecule has 0 aromatic carbocycles. The van der Waals surface area contributed by atoms with Crippen LogP contribution in [0.4, 0.5) is 0 Å². The Balaban J connectivity index is 3.82. The van der Waals surface area contributed by atoms with E-state index in [9.17, 15) is 9.59 Å². The topological polar surface area (TPSA) is 52.6 Å². The Labute approximate surface area is 78.2 Å². The summed E-state index contributed by atoms with van der Waals surface area (Å²) in [6.45, 7) is 5.88. The first-order valence-electron chi connectivity index (χ1n) is 4.37. The molecule has 4 heteroatoms. The third-order valence-electron chi connectivity index (χ3n) is 1.56. The highest BCUT2D eigenvalue weighted by molar-refractivity contribution is 5.71. The van der Waals surface area contributed by atoms with Gasteiger partial charge in [-0.15, -0.1) is 0 Å². The molecule has 0 aliphatic heterocycles. The number of hydrogen-bond donors (Lipinski definition) is 0. The fourth-order valence-corrected chi connectivity index (χ4v) is 0.682. The molecule has 0 spiro atoms. The molecule has 0 heterocycles. The highest BCUT2D eigenvalue weighted by atomic mass is 16.6. The van der Waals surface area contributed by atoms with Crippen LogP contribution < -0.4 is 0 Å². The maximum absolute atomic E-state index is 11.1. The highest BCUT2D eigenvalue weighted by Crippen LogP contribution is 2.04. The molecule has 0 rings (SSSR count). The van der Waals surface area contributed by atoms with Gasteiger partial charge in [0.05, 0.1) is 5.92 Å². The van der Waals surface area contributed by atoms with Gasteiger partial charge in [-0.25, -0.2) is 0 Å². The van der Waals surface area contributed by atoms with Crippen LogP contribution in [-0.4, -0.2) is 25.2 Å². The zero-order chi connectivity index (χ0) is 10.3. The molecule has 0 fully saturated rings. The lowest BCUT2D eigenvalue weighted by molar-refractivity contribution is -0.158. The smallest absolute Gasteiger partial charge is 0.308 e. The van der Waals surface area contributed by atoms with E-state index in [2.05, 4.69) is 4.74 Å². The standard InChI is InChI=1S/C9H16O4/c1-4-8(5-12-6-10)13-9(11)7(2)3/h6-8H,4-5H2,1-3H3. The van der Waals surface area contributed by atoms with Gasteiger partial charge in [0.2, 0.25) is 0 Å². The van der Waals surface area contributed by atoms with Crippen LogP contribution in [0.3, 0.4) is 0 Å². The molecule has 0 radical (unpaired) electrons. The van der Waals surface area contributed by atoms with E-state index in [0.717, 1.165) is 0 Å². The van der Waals surface area contributed by atoms with Crippen LogP contribution in [0.5, 0.6) is 0 Å². The Morgan fingerprint density at radius 2 is 2.08 bits per heavy atom. The molecule has 0 aliphatic rings. The molecular weight excluding hydrogens is 172 g/mol. The zero-order valence-corrected chi connectivity index (χ0v) is 8.28. The van der Waals surface area contributed by atoms with Crippen LogP contribution in [0.25, 0.3) is 0 Å². The van der Waals surface area contributed by atoms with Crippen molar-refractivity contribution in [3.05, 3.63) is 0 Å². The molecular formula is C9H16O4. The maximum atomic E-state index is 11.1. The number of ether oxygens (including phenoxy) is 2. The monoisotopic (exact) mass is 188 g/mol. The van der Waals surface area contributed by atoms with E-state index in [0.29, 0.717) is 12.9 Å². The molecule has 4 nitrogen and oxygen atoms in total. The number of rotatable bonds is 6. The summed E-state index contributed by atoms with van der Waals surface area (Å²) in [5.74, 6) is -0.411. The number of carbonyl (C=O) groups excluding carboxylic acids is 2. The summed E-state index contributed by atoms with van der Waals surface area (Å²) in [4.78, 5) is 21.0. The van der Waals surface area contributed by atoms with E-state index in [-0.39, 0.29) is 24.6 Å². The maximum Gasteiger partial charge on any atom is 0.308 e. The van der Waals surface area contributed by atoms with Crippen molar-refractivity contribution < 1.29 is 19.1 Å². The van der Waals surface area contributed by atoms with Gasteiger partial charge in [0.15, 0.2) is 0 Å². The van der Waals surface area contributed by atoms with Crippen molar-refractivity contribution in [3.63, 3.8) is 0 Å². The average molecular weight is 188 g/mol. The Morgan fingerprint density at radius 3 is 2.46 bits per heavy atom. The number of esters is 1. The Kier molecular flexibility index (Phi) is 5.93. The molecule has 13 heavy (non-hydrogen) atoms. The fourth-order valence-electron chi connectivity index (χ4n) is 0.682. The van der Waals surface area contributed by atoms with Crippen molar-refractivity contribution in [2.45, 2.75) is 33.3 Å². The molecule has 0 N–H and O–H groups in total. The molecule has 0 amide bonds. The van der Waals surface area contributed by atoms with Crippen LogP contribution in [-0.2, 0) is 19.1 Å². The van der Waals surface area contributed by atoms with Crippen LogP contribution in [0.1, 0.15) is 27.2 Å². The first-order chi connectivity index (χ1) is 6.11. The lowest BCUT2D eigenvalue weighted by Gasteiger charge is -2.16. The van der Waals surface area contributed by atoms with E-state index in [1.54, 1.807) is 13.8 Å². The largest absolute Gasteiger partial charge is 0.464 e. The molecule has 0 aromatic rings. The van der Waals surface area contributed by atoms with Gasteiger partial charge in [-0.3, -0.25) is 9.59 Å². The van der Waals surface area contributed by atoms with Crippen molar-refractivity contribution in [2.24, 2.45) is 5.92 Å². The average Bonchev–Trinajstić information content (AvgIpc) is 2.11. The first-order valence-corrected chi connectivity index (χ1v) is 4.37. The van der Waals surface area contributed by atoms with Gasteiger partial charge in [0.25, 0.3) is 6.47 Å². The number of carbonyl (C=O) groups is 2. The lowest BCUT2D eigenvalue weighted by atomic mass is 10.2. The van der Waals surface area contributed by atoms with E-state index < -0.39 is 0 Å². The van der Waals surface area contributed by atoms with Crippen LogP contribution >= 0.6 is 0 Å². The predicted octanol–water partition coefficient (Wildman–Crippen LogP) is 1.14. The summed E-state index contributed by atoms with van der Waals surface area (Å²) in [5, 5.41) is 0. The summed E-state index contributed by atoms with van der Waals surface area (Å²) in [7, 11) is 0. The van der Waals surface area contributed by atoms with E-state index >= 15 is 0 Å². The van der Waals surface area contributed by atoms with Gasteiger partial charge in [0, 0.05) is 0 Å². The van der Waals surface area contributed by atoms with E-state index in [1.165, 1.54) is 0 Å². The summed E-state index contributed by atoms with van der Waals surface area (Å²) in [5.41, 5.74) is 0. The van der Waals surface area contributed by atoms with Crippen molar-refractivity contribution in [3.8, 4) is 0 Å². The fraction of sp³-hybridized carbons (Fsp3) is 0.778. The molecule has 0 bridgehead atoms. The van der Waals surface area contributed by atoms with Gasteiger partial charge in [-0.2, -0.15) is 0 Å². The Hall–Kier alpha value is -1.06.